The molecule has 2 heterocycles. The van der Waals surface area contributed by atoms with Gasteiger partial charge in [-0.25, -0.2) is 14.1 Å². The standard InChI is InChI=1S/C15H14FN7O3/c1-10-13(23(25)26)6-18-22(10)8-14(24)19-15-17-9-21(20-15)7-11-3-2-4-12(16)5-11/h2-6,9H,7-8H2,1H3,(H,19,20,24). The number of hydrogen-bond donors (Lipinski definition) is 1. The average molecular weight is 359 g/mol. The predicted octanol–water partition coefficient (Wildman–Crippen LogP) is 1.52. The summed E-state index contributed by atoms with van der Waals surface area (Å²) in [6, 6.07) is 6.07. The molecule has 2 aromatic heterocycles. The van der Waals surface area contributed by atoms with Crippen molar-refractivity contribution >= 4 is 17.5 Å². The Morgan fingerprint density at radius 3 is 2.92 bits per heavy atom. The third-order valence-electron chi connectivity index (χ3n) is 3.59. The molecule has 11 heteroatoms. The summed E-state index contributed by atoms with van der Waals surface area (Å²) in [6.45, 7) is 1.59. The number of nitrogens with zero attached hydrogens (tertiary/aromatic N) is 6. The van der Waals surface area contributed by atoms with Crippen molar-refractivity contribution in [1.29, 1.82) is 0 Å². The maximum absolute atomic E-state index is 13.2. The van der Waals surface area contributed by atoms with Gasteiger partial charge in [-0.3, -0.25) is 24.9 Å². The second-order valence-corrected chi connectivity index (χ2v) is 5.47. The number of hydrogen-bond acceptors (Lipinski definition) is 6. The van der Waals surface area contributed by atoms with Gasteiger partial charge in [0.2, 0.25) is 11.9 Å². The normalized spacial score (nSPS) is 10.7. The smallest absolute Gasteiger partial charge is 0.292 e. The third-order valence-corrected chi connectivity index (χ3v) is 3.59. The molecule has 0 aliphatic heterocycles. The van der Waals surface area contributed by atoms with Gasteiger partial charge in [0, 0.05) is 0 Å². The highest BCUT2D eigenvalue weighted by Gasteiger charge is 2.18. The first-order valence-corrected chi connectivity index (χ1v) is 7.53. The van der Waals surface area contributed by atoms with Crippen LogP contribution in [0.25, 0.3) is 0 Å². The Morgan fingerprint density at radius 2 is 2.23 bits per heavy atom. The highest BCUT2D eigenvalue weighted by Crippen LogP contribution is 2.16. The molecule has 26 heavy (non-hydrogen) atoms. The lowest BCUT2D eigenvalue weighted by atomic mass is 10.2. The van der Waals surface area contributed by atoms with Gasteiger partial charge in [0.05, 0.1) is 11.5 Å². The van der Waals surface area contributed by atoms with E-state index in [0.29, 0.717) is 12.1 Å². The van der Waals surface area contributed by atoms with Crippen LogP contribution in [-0.2, 0) is 17.9 Å². The summed E-state index contributed by atoms with van der Waals surface area (Å²) in [4.78, 5) is 26.2. The maximum Gasteiger partial charge on any atom is 0.309 e. The molecule has 0 unspecified atom stereocenters. The molecule has 0 fully saturated rings. The second-order valence-electron chi connectivity index (χ2n) is 5.47. The molecular formula is C15H14FN7O3. The molecule has 3 rings (SSSR count). The highest BCUT2D eigenvalue weighted by molar-refractivity contribution is 5.88. The van der Waals surface area contributed by atoms with Crippen molar-refractivity contribution in [3.63, 3.8) is 0 Å². The second kappa shape index (κ2) is 7.09. The SMILES string of the molecule is Cc1c([N+](=O)[O-])cnn1CC(=O)Nc1ncn(Cc2cccc(F)c2)n1. The fourth-order valence-corrected chi connectivity index (χ4v) is 2.33. The molecule has 1 amide bonds. The predicted molar refractivity (Wildman–Crippen MR) is 87.8 cm³/mol. The van der Waals surface area contributed by atoms with Crippen molar-refractivity contribution in [1.82, 2.24) is 24.5 Å². The molecule has 134 valence electrons. The minimum atomic E-state index is -0.563. The van der Waals surface area contributed by atoms with E-state index < -0.39 is 10.8 Å². The lowest BCUT2D eigenvalue weighted by molar-refractivity contribution is -0.385. The van der Waals surface area contributed by atoms with E-state index in [2.05, 4.69) is 20.5 Å². The van der Waals surface area contributed by atoms with E-state index >= 15 is 0 Å². The number of carbonyl (C=O) groups excluding carboxylic acids is 1. The van der Waals surface area contributed by atoms with E-state index in [1.807, 2.05) is 0 Å². The monoisotopic (exact) mass is 359 g/mol. The van der Waals surface area contributed by atoms with Crippen LogP contribution in [0.5, 0.6) is 0 Å². The Bertz CT molecular complexity index is 966. The Balaban J connectivity index is 1.62. The molecular weight excluding hydrogens is 345 g/mol. The molecule has 0 spiro atoms. The van der Waals surface area contributed by atoms with Crippen LogP contribution in [0.1, 0.15) is 11.3 Å². The van der Waals surface area contributed by atoms with Gasteiger partial charge in [0.15, 0.2) is 0 Å². The number of halogens is 1. The average Bonchev–Trinajstić information content (AvgIpc) is 3.15. The minimum Gasteiger partial charge on any atom is -0.292 e. The quantitative estimate of drug-likeness (QED) is 0.526. The zero-order valence-corrected chi connectivity index (χ0v) is 13.7. The van der Waals surface area contributed by atoms with Crippen LogP contribution in [0, 0.1) is 22.9 Å². The molecule has 3 aromatic rings. The zero-order chi connectivity index (χ0) is 18.7. The zero-order valence-electron chi connectivity index (χ0n) is 13.7. The van der Waals surface area contributed by atoms with Crippen molar-refractivity contribution in [2.24, 2.45) is 0 Å². The summed E-state index contributed by atoms with van der Waals surface area (Å²) in [6.07, 6.45) is 2.50. The lowest BCUT2D eigenvalue weighted by Gasteiger charge is -2.03. The number of aromatic nitrogens is 5. The number of nitro groups is 1. The van der Waals surface area contributed by atoms with Crippen molar-refractivity contribution < 1.29 is 14.1 Å². The van der Waals surface area contributed by atoms with Crippen LogP contribution in [0.3, 0.4) is 0 Å². The number of rotatable bonds is 6. The van der Waals surface area contributed by atoms with E-state index in [1.54, 1.807) is 12.1 Å². The summed E-state index contributed by atoms with van der Waals surface area (Å²) in [5.74, 6) is -0.750. The van der Waals surface area contributed by atoms with Gasteiger partial charge in [-0.05, 0) is 24.6 Å². The largest absolute Gasteiger partial charge is 0.309 e. The van der Waals surface area contributed by atoms with Gasteiger partial charge in [0.25, 0.3) is 0 Å². The van der Waals surface area contributed by atoms with E-state index in [4.69, 9.17) is 0 Å². The maximum atomic E-state index is 13.2. The van der Waals surface area contributed by atoms with Crippen molar-refractivity contribution in [2.75, 3.05) is 5.32 Å². The van der Waals surface area contributed by atoms with Gasteiger partial charge < -0.3 is 0 Å². The Labute approximate surface area is 146 Å². The lowest BCUT2D eigenvalue weighted by Crippen LogP contribution is -2.21. The molecule has 10 nitrogen and oxygen atoms in total. The van der Waals surface area contributed by atoms with Crippen LogP contribution < -0.4 is 5.32 Å². The van der Waals surface area contributed by atoms with Gasteiger partial charge in [-0.2, -0.15) is 5.10 Å². The Kier molecular flexibility index (Phi) is 4.69. The first-order valence-electron chi connectivity index (χ1n) is 7.53. The molecule has 1 aromatic carbocycles. The summed E-state index contributed by atoms with van der Waals surface area (Å²) in [5.41, 5.74) is 0.817. The minimum absolute atomic E-state index is 0.0747. The van der Waals surface area contributed by atoms with Crippen molar-refractivity contribution in [3.05, 3.63) is 64.0 Å². The topological polar surface area (TPSA) is 121 Å². The van der Waals surface area contributed by atoms with Crippen LogP contribution in [0.2, 0.25) is 0 Å². The van der Waals surface area contributed by atoms with Gasteiger partial charge in [-0.1, -0.05) is 12.1 Å². The highest BCUT2D eigenvalue weighted by atomic mass is 19.1. The molecule has 0 aliphatic rings. The first kappa shape index (κ1) is 17.2. The fourth-order valence-electron chi connectivity index (χ4n) is 2.33. The van der Waals surface area contributed by atoms with Crippen LogP contribution in [-0.4, -0.2) is 35.4 Å². The van der Waals surface area contributed by atoms with Crippen LogP contribution in [0.4, 0.5) is 16.0 Å². The molecule has 0 radical (unpaired) electrons. The van der Waals surface area contributed by atoms with Gasteiger partial charge in [0.1, 0.15) is 30.6 Å². The molecule has 1 N–H and O–H groups in total. The van der Waals surface area contributed by atoms with Crippen molar-refractivity contribution in [2.45, 2.75) is 20.0 Å². The van der Waals surface area contributed by atoms with E-state index in [0.717, 1.165) is 6.20 Å². The summed E-state index contributed by atoms with van der Waals surface area (Å²) in [7, 11) is 0. The first-order chi connectivity index (χ1) is 12.4. The Morgan fingerprint density at radius 1 is 1.42 bits per heavy atom. The third kappa shape index (κ3) is 3.88. The number of carbonyl (C=O) groups is 1. The van der Waals surface area contributed by atoms with E-state index in [-0.39, 0.29) is 29.7 Å². The molecule has 0 atom stereocenters. The fraction of sp³-hybridized carbons (Fsp3) is 0.200. The number of nitrogens with one attached hydrogen (secondary N) is 1. The summed E-state index contributed by atoms with van der Waals surface area (Å²) in [5, 5.41) is 21.2. The van der Waals surface area contributed by atoms with E-state index in [1.165, 1.54) is 34.7 Å². The molecule has 0 saturated carbocycles. The van der Waals surface area contributed by atoms with Gasteiger partial charge in [-0.15, -0.1) is 5.10 Å². The number of benzene rings is 1. The molecule has 0 aliphatic carbocycles. The summed E-state index contributed by atoms with van der Waals surface area (Å²) >= 11 is 0. The molecule has 0 saturated heterocycles. The molecule has 0 bridgehead atoms. The van der Waals surface area contributed by atoms with Crippen LogP contribution in [0.15, 0.2) is 36.8 Å². The van der Waals surface area contributed by atoms with Gasteiger partial charge >= 0.3 is 5.69 Å². The number of anilines is 1. The van der Waals surface area contributed by atoms with E-state index in [9.17, 15) is 19.3 Å². The summed E-state index contributed by atoms with van der Waals surface area (Å²) < 4.78 is 15.9. The Hall–Kier alpha value is -3.63. The number of amides is 1. The van der Waals surface area contributed by atoms with Crippen molar-refractivity contribution in [3.8, 4) is 0 Å². The van der Waals surface area contributed by atoms with Crippen LogP contribution >= 0.6 is 0 Å².